The van der Waals surface area contributed by atoms with Crippen molar-refractivity contribution in [3.8, 4) is 11.8 Å². The molecule has 5 nitrogen and oxygen atoms in total. The van der Waals surface area contributed by atoms with Crippen LogP contribution in [0.5, 0.6) is 5.75 Å². The van der Waals surface area contributed by atoms with Gasteiger partial charge in [-0.1, -0.05) is 6.92 Å². The molecular weight excluding hydrogens is 268 g/mol. The van der Waals surface area contributed by atoms with E-state index in [0.717, 1.165) is 6.42 Å². The lowest BCUT2D eigenvalue weighted by atomic mass is 10.1. The zero-order chi connectivity index (χ0) is 15.9. The Hall–Kier alpha value is -2.06. The van der Waals surface area contributed by atoms with E-state index in [4.69, 9.17) is 15.1 Å². The first-order valence-electron chi connectivity index (χ1n) is 7.04. The van der Waals surface area contributed by atoms with Crippen LogP contribution in [0.25, 0.3) is 0 Å². The molecule has 1 aromatic rings. The molecule has 0 spiro atoms. The molecule has 0 aromatic heterocycles. The molecular formula is C16H22N2O3. The summed E-state index contributed by atoms with van der Waals surface area (Å²) in [5.41, 5.74) is -0.488. The highest BCUT2D eigenvalue weighted by Crippen LogP contribution is 2.21. The number of amides is 1. The average Bonchev–Trinajstić information content (AvgIpc) is 2.46. The van der Waals surface area contributed by atoms with Gasteiger partial charge in [0.1, 0.15) is 5.75 Å². The van der Waals surface area contributed by atoms with Crippen molar-refractivity contribution >= 4 is 5.91 Å². The van der Waals surface area contributed by atoms with Gasteiger partial charge in [0.25, 0.3) is 5.91 Å². The van der Waals surface area contributed by atoms with Gasteiger partial charge in [0.15, 0.2) is 5.60 Å². The van der Waals surface area contributed by atoms with Crippen LogP contribution in [0, 0.1) is 11.3 Å². The summed E-state index contributed by atoms with van der Waals surface area (Å²) in [6, 6.07) is 8.67. The van der Waals surface area contributed by atoms with Gasteiger partial charge in [0.2, 0.25) is 0 Å². The fraction of sp³-hybridized carbons (Fsp3) is 0.500. The van der Waals surface area contributed by atoms with Crippen LogP contribution in [0.2, 0.25) is 0 Å². The summed E-state index contributed by atoms with van der Waals surface area (Å²) >= 11 is 0. The Morgan fingerprint density at radius 1 is 1.33 bits per heavy atom. The monoisotopic (exact) mass is 290 g/mol. The second kappa shape index (κ2) is 7.65. The van der Waals surface area contributed by atoms with Gasteiger partial charge in [0.05, 0.1) is 18.2 Å². The van der Waals surface area contributed by atoms with Gasteiger partial charge in [0, 0.05) is 13.1 Å². The van der Waals surface area contributed by atoms with Crippen molar-refractivity contribution in [1.29, 1.82) is 5.26 Å². The van der Waals surface area contributed by atoms with E-state index in [1.807, 2.05) is 13.0 Å². The van der Waals surface area contributed by atoms with E-state index in [-0.39, 0.29) is 12.5 Å². The number of benzene rings is 1. The van der Waals surface area contributed by atoms with E-state index in [0.29, 0.717) is 24.4 Å². The van der Waals surface area contributed by atoms with Gasteiger partial charge in [-0.25, -0.2) is 0 Å². The Kier molecular flexibility index (Phi) is 6.19. The molecule has 114 valence electrons. The summed E-state index contributed by atoms with van der Waals surface area (Å²) in [5.74, 6) is 0.371. The van der Waals surface area contributed by atoms with Gasteiger partial charge in [-0.3, -0.25) is 4.79 Å². The Morgan fingerprint density at radius 2 is 1.95 bits per heavy atom. The number of aliphatic hydroxyl groups excluding tert-OH is 1. The van der Waals surface area contributed by atoms with Gasteiger partial charge < -0.3 is 14.7 Å². The van der Waals surface area contributed by atoms with E-state index in [1.54, 1.807) is 43.0 Å². The van der Waals surface area contributed by atoms with Crippen LogP contribution in [0.1, 0.15) is 32.8 Å². The highest BCUT2D eigenvalue weighted by Gasteiger charge is 2.33. The third-order valence-corrected chi connectivity index (χ3v) is 3.02. The zero-order valence-electron chi connectivity index (χ0n) is 12.8. The molecule has 5 heteroatoms. The molecule has 0 bridgehead atoms. The van der Waals surface area contributed by atoms with Crippen LogP contribution >= 0.6 is 0 Å². The second-order valence-electron chi connectivity index (χ2n) is 5.26. The molecule has 0 saturated carbocycles. The van der Waals surface area contributed by atoms with Crippen LogP contribution in [-0.4, -0.2) is 41.2 Å². The summed E-state index contributed by atoms with van der Waals surface area (Å²) < 4.78 is 5.75. The fourth-order valence-electron chi connectivity index (χ4n) is 2.02. The Morgan fingerprint density at radius 3 is 2.43 bits per heavy atom. The zero-order valence-corrected chi connectivity index (χ0v) is 12.8. The maximum absolute atomic E-state index is 12.5. The third-order valence-electron chi connectivity index (χ3n) is 3.02. The quantitative estimate of drug-likeness (QED) is 0.833. The van der Waals surface area contributed by atoms with Crippen molar-refractivity contribution in [3.63, 3.8) is 0 Å². The lowest BCUT2D eigenvalue weighted by Gasteiger charge is -2.32. The molecule has 0 heterocycles. The predicted molar refractivity (Wildman–Crippen MR) is 79.8 cm³/mol. The van der Waals surface area contributed by atoms with Gasteiger partial charge in [-0.15, -0.1) is 0 Å². The molecule has 0 radical (unpaired) electrons. The molecule has 1 N–H and O–H groups in total. The Labute approximate surface area is 125 Å². The number of aliphatic hydroxyl groups is 1. The first kappa shape index (κ1) is 17.0. The number of ether oxygens (including phenoxy) is 1. The minimum atomic E-state index is -1.03. The first-order chi connectivity index (χ1) is 9.94. The van der Waals surface area contributed by atoms with Crippen LogP contribution in [-0.2, 0) is 4.79 Å². The highest BCUT2D eigenvalue weighted by atomic mass is 16.5. The van der Waals surface area contributed by atoms with Crippen LogP contribution in [0.15, 0.2) is 24.3 Å². The number of carbonyl (C=O) groups is 1. The first-order valence-corrected chi connectivity index (χ1v) is 7.04. The molecule has 0 unspecified atom stereocenters. The molecule has 0 aliphatic rings. The highest BCUT2D eigenvalue weighted by molar-refractivity contribution is 5.84. The average molecular weight is 290 g/mol. The molecule has 0 fully saturated rings. The Bertz CT molecular complexity index is 497. The number of carbonyl (C=O) groups excluding carboxylic acids is 1. The third kappa shape index (κ3) is 4.76. The number of hydrogen-bond acceptors (Lipinski definition) is 4. The van der Waals surface area contributed by atoms with Crippen molar-refractivity contribution in [2.45, 2.75) is 32.8 Å². The fourth-order valence-corrected chi connectivity index (χ4v) is 2.02. The van der Waals surface area contributed by atoms with Crippen molar-refractivity contribution in [2.75, 3.05) is 19.7 Å². The number of rotatable bonds is 7. The van der Waals surface area contributed by atoms with Crippen molar-refractivity contribution in [1.82, 2.24) is 4.90 Å². The molecule has 1 aromatic carbocycles. The minimum absolute atomic E-state index is 0.0707. The maximum atomic E-state index is 12.5. The molecule has 1 rings (SSSR count). The second-order valence-corrected chi connectivity index (χ2v) is 5.26. The standard InChI is InChI=1S/C16H22N2O3/c1-4-9-18(10-11-19)15(20)16(2,3)21-14-7-5-13(12-17)6-8-14/h5-8,19H,4,9-11H2,1-3H3. The van der Waals surface area contributed by atoms with E-state index < -0.39 is 5.60 Å². The number of nitriles is 1. The summed E-state index contributed by atoms with van der Waals surface area (Å²) in [6.45, 7) is 6.19. The van der Waals surface area contributed by atoms with Crippen molar-refractivity contribution < 1.29 is 14.6 Å². The van der Waals surface area contributed by atoms with Crippen molar-refractivity contribution in [3.05, 3.63) is 29.8 Å². The van der Waals surface area contributed by atoms with Gasteiger partial charge in [-0.2, -0.15) is 5.26 Å². The summed E-state index contributed by atoms with van der Waals surface area (Å²) in [4.78, 5) is 14.1. The molecule has 0 atom stereocenters. The van der Waals surface area contributed by atoms with E-state index in [2.05, 4.69) is 0 Å². The van der Waals surface area contributed by atoms with Crippen molar-refractivity contribution in [2.24, 2.45) is 0 Å². The van der Waals surface area contributed by atoms with E-state index in [1.165, 1.54) is 0 Å². The summed E-state index contributed by atoms with van der Waals surface area (Å²) in [6.07, 6.45) is 0.818. The lowest BCUT2D eigenvalue weighted by molar-refractivity contribution is -0.146. The largest absolute Gasteiger partial charge is 0.478 e. The Balaban J connectivity index is 2.82. The van der Waals surface area contributed by atoms with Crippen LogP contribution < -0.4 is 4.74 Å². The predicted octanol–water partition coefficient (Wildman–Crippen LogP) is 1.95. The van der Waals surface area contributed by atoms with Crippen LogP contribution in [0.4, 0.5) is 0 Å². The van der Waals surface area contributed by atoms with E-state index in [9.17, 15) is 4.79 Å². The lowest BCUT2D eigenvalue weighted by Crippen LogP contribution is -2.50. The van der Waals surface area contributed by atoms with Gasteiger partial charge in [-0.05, 0) is 44.5 Å². The van der Waals surface area contributed by atoms with E-state index >= 15 is 0 Å². The molecule has 0 aliphatic carbocycles. The number of nitrogens with zero attached hydrogens (tertiary/aromatic N) is 2. The topological polar surface area (TPSA) is 73.6 Å². The summed E-state index contributed by atoms with van der Waals surface area (Å²) in [7, 11) is 0. The normalized spacial score (nSPS) is 10.8. The van der Waals surface area contributed by atoms with Gasteiger partial charge >= 0.3 is 0 Å². The SMILES string of the molecule is CCCN(CCO)C(=O)C(C)(C)Oc1ccc(C#N)cc1. The van der Waals surface area contributed by atoms with Crippen LogP contribution in [0.3, 0.4) is 0 Å². The molecule has 0 saturated heterocycles. The summed E-state index contributed by atoms with van der Waals surface area (Å²) in [5, 5.41) is 17.8. The molecule has 0 aliphatic heterocycles. The maximum Gasteiger partial charge on any atom is 0.266 e. The smallest absolute Gasteiger partial charge is 0.266 e. The molecule has 1 amide bonds. The minimum Gasteiger partial charge on any atom is -0.478 e. The molecule has 21 heavy (non-hydrogen) atoms. The number of hydrogen-bond donors (Lipinski definition) is 1.